The van der Waals surface area contributed by atoms with Crippen LogP contribution in [0, 0.1) is 0 Å². The van der Waals surface area contributed by atoms with E-state index in [2.05, 4.69) is 62.5 Å². The molecule has 0 aliphatic heterocycles. The van der Waals surface area contributed by atoms with E-state index in [1.165, 1.54) is 161 Å². The lowest BCUT2D eigenvalue weighted by atomic mass is 10.0. The van der Waals surface area contributed by atoms with Crippen molar-refractivity contribution in [3.8, 4) is 0 Å². The zero-order valence-corrected chi connectivity index (χ0v) is 41.5. The largest absolute Gasteiger partial charge is 0.462 e. The molecular formula is C56H105NO5. The van der Waals surface area contributed by atoms with Gasteiger partial charge in [-0.25, -0.2) is 0 Å². The summed E-state index contributed by atoms with van der Waals surface area (Å²) in [7, 11) is 0. The molecular weight excluding hydrogens is 767 g/mol. The monoisotopic (exact) mass is 872 g/mol. The molecule has 0 aromatic heterocycles. The van der Waals surface area contributed by atoms with Crippen molar-refractivity contribution in [1.82, 2.24) is 5.32 Å². The Morgan fingerprint density at radius 3 is 1.32 bits per heavy atom. The number of unbranched alkanes of at least 4 members (excludes halogenated alkanes) is 31. The van der Waals surface area contributed by atoms with Gasteiger partial charge in [0.1, 0.15) is 6.10 Å². The molecule has 0 aromatic rings. The van der Waals surface area contributed by atoms with Gasteiger partial charge < -0.3 is 20.3 Å². The average Bonchev–Trinajstić information content (AvgIpc) is 3.26. The average molecular weight is 872 g/mol. The molecule has 0 radical (unpaired) electrons. The third-order valence-corrected chi connectivity index (χ3v) is 12.5. The van der Waals surface area contributed by atoms with Gasteiger partial charge in [0.15, 0.2) is 0 Å². The van der Waals surface area contributed by atoms with Crippen molar-refractivity contribution in [3.63, 3.8) is 0 Å². The number of nitrogens with one attached hydrogen (secondary N) is 1. The smallest absolute Gasteiger partial charge is 0.306 e. The lowest BCUT2D eigenvalue weighted by Crippen LogP contribution is -2.46. The van der Waals surface area contributed by atoms with E-state index in [-0.39, 0.29) is 24.9 Å². The summed E-state index contributed by atoms with van der Waals surface area (Å²) >= 11 is 0. The molecule has 0 saturated carbocycles. The van der Waals surface area contributed by atoms with Gasteiger partial charge in [0, 0.05) is 6.42 Å². The molecule has 3 unspecified atom stereocenters. The fourth-order valence-corrected chi connectivity index (χ4v) is 8.39. The lowest BCUT2D eigenvalue weighted by molar-refractivity contribution is -0.151. The number of allylic oxidation sites excluding steroid dienone is 6. The minimum Gasteiger partial charge on any atom is -0.462 e. The van der Waals surface area contributed by atoms with E-state index >= 15 is 0 Å². The summed E-state index contributed by atoms with van der Waals surface area (Å²) < 4.78 is 5.94. The second kappa shape index (κ2) is 50.1. The van der Waals surface area contributed by atoms with Crippen LogP contribution in [0.3, 0.4) is 0 Å². The Hall–Kier alpha value is -1.92. The van der Waals surface area contributed by atoms with Crippen LogP contribution in [0.5, 0.6) is 0 Å². The Kier molecular flexibility index (Phi) is 48.5. The second-order valence-electron chi connectivity index (χ2n) is 18.6. The third kappa shape index (κ3) is 44.7. The first-order chi connectivity index (χ1) is 30.5. The van der Waals surface area contributed by atoms with Crippen LogP contribution in [0.25, 0.3) is 0 Å². The number of hydrogen-bond acceptors (Lipinski definition) is 5. The molecule has 0 bridgehead atoms. The highest BCUT2D eigenvalue weighted by Gasteiger charge is 2.24. The predicted octanol–water partition coefficient (Wildman–Crippen LogP) is 16.5. The van der Waals surface area contributed by atoms with Crippen LogP contribution in [0.1, 0.15) is 284 Å². The van der Waals surface area contributed by atoms with E-state index in [0.29, 0.717) is 19.3 Å². The van der Waals surface area contributed by atoms with E-state index < -0.39 is 18.2 Å². The van der Waals surface area contributed by atoms with Crippen molar-refractivity contribution >= 4 is 11.9 Å². The molecule has 0 heterocycles. The van der Waals surface area contributed by atoms with Crippen molar-refractivity contribution in [2.24, 2.45) is 0 Å². The van der Waals surface area contributed by atoms with Gasteiger partial charge in [0.05, 0.1) is 25.2 Å². The fourth-order valence-electron chi connectivity index (χ4n) is 8.39. The number of aliphatic hydroxyl groups is 2. The van der Waals surface area contributed by atoms with Crippen molar-refractivity contribution < 1.29 is 24.5 Å². The number of esters is 1. The Balaban J connectivity index is 4.55. The minimum atomic E-state index is -0.789. The first-order valence-corrected chi connectivity index (χ1v) is 27.2. The first-order valence-electron chi connectivity index (χ1n) is 27.2. The van der Waals surface area contributed by atoms with Gasteiger partial charge in [0.2, 0.25) is 5.91 Å². The highest BCUT2D eigenvalue weighted by molar-refractivity contribution is 5.77. The SMILES string of the molecule is CC/C=C/C/C=C/C/C=C/CCCCCCC(=O)OC(CCCCCCCCCCCCCCCC)CC(=O)NC(CO)C(O)CCCCCCCCCCCCCCCCC. The Bertz CT molecular complexity index is 1020. The van der Waals surface area contributed by atoms with E-state index in [4.69, 9.17) is 4.74 Å². The van der Waals surface area contributed by atoms with Crippen LogP contribution in [0.15, 0.2) is 36.5 Å². The van der Waals surface area contributed by atoms with Crippen LogP contribution in [0.4, 0.5) is 0 Å². The van der Waals surface area contributed by atoms with Crippen LogP contribution in [-0.4, -0.2) is 46.9 Å². The molecule has 1 amide bonds. The van der Waals surface area contributed by atoms with Gasteiger partial charge in [-0.15, -0.1) is 0 Å². The molecule has 0 rings (SSSR count). The maximum atomic E-state index is 13.2. The Morgan fingerprint density at radius 1 is 0.484 bits per heavy atom. The minimum absolute atomic E-state index is 0.0727. The first kappa shape index (κ1) is 60.1. The lowest BCUT2D eigenvalue weighted by Gasteiger charge is -2.24. The zero-order chi connectivity index (χ0) is 45.2. The highest BCUT2D eigenvalue weighted by atomic mass is 16.5. The summed E-state index contributed by atoms with van der Waals surface area (Å²) in [5.41, 5.74) is 0. The quantitative estimate of drug-likeness (QED) is 0.0321. The van der Waals surface area contributed by atoms with Gasteiger partial charge >= 0.3 is 5.97 Å². The topological polar surface area (TPSA) is 95.9 Å². The molecule has 3 atom stereocenters. The van der Waals surface area contributed by atoms with E-state index in [9.17, 15) is 19.8 Å². The molecule has 6 heteroatoms. The number of hydrogen-bond donors (Lipinski definition) is 3. The molecule has 0 aliphatic rings. The molecule has 364 valence electrons. The maximum absolute atomic E-state index is 13.2. The number of amides is 1. The molecule has 62 heavy (non-hydrogen) atoms. The second-order valence-corrected chi connectivity index (χ2v) is 18.6. The van der Waals surface area contributed by atoms with E-state index in [0.717, 1.165) is 77.0 Å². The summed E-state index contributed by atoms with van der Waals surface area (Å²) in [5, 5.41) is 23.8. The van der Waals surface area contributed by atoms with Crippen molar-refractivity contribution in [2.45, 2.75) is 302 Å². The predicted molar refractivity (Wildman–Crippen MR) is 269 cm³/mol. The van der Waals surface area contributed by atoms with Crippen molar-refractivity contribution in [3.05, 3.63) is 36.5 Å². The molecule has 6 nitrogen and oxygen atoms in total. The van der Waals surface area contributed by atoms with Crippen LogP contribution in [-0.2, 0) is 14.3 Å². The summed E-state index contributed by atoms with van der Waals surface area (Å²) in [5.74, 6) is -0.486. The maximum Gasteiger partial charge on any atom is 0.306 e. The zero-order valence-electron chi connectivity index (χ0n) is 41.5. The Labute approximate surface area is 385 Å². The van der Waals surface area contributed by atoms with Gasteiger partial charge in [-0.3, -0.25) is 9.59 Å². The van der Waals surface area contributed by atoms with E-state index in [1.54, 1.807) is 0 Å². The fraction of sp³-hybridized carbons (Fsp3) is 0.857. The van der Waals surface area contributed by atoms with Crippen molar-refractivity contribution in [2.75, 3.05) is 6.61 Å². The number of carbonyl (C=O) groups excluding carboxylic acids is 2. The van der Waals surface area contributed by atoms with E-state index in [1.807, 2.05) is 0 Å². The summed E-state index contributed by atoms with van der Waals surface area (Å²) in [6.45, 7) is 6.39. The van der Waals surface area contributed by atoms with Gasteiger partial charge in [-0.2, -0.15) is 0 Å². The number of ether oxygens (including phenoxy) is 1. The summed E-state index contributed by atoms with van der Waals surface area (Å²) in [6.07, 6.45) is 59.2. The molecule has 0 aliphatic carbocycles. The van der Waals surface area contributed by atoms with Crippen LogP contribution in [0.2, 0.25) is 0 Å². The number of rotatable bonds is 49. The van der Waals surface area contributed by atoms with Gasteiger partial charge in [-0.05, 0) is 57.8 Å². The van der Waals surface area contributed by atoms with Crippen LogP contribution >= 0.6 is 0 Å². The molecule has 0 saturated heterocycles. The number of carbonyl (C=O) groups is 2. The standard InChI is InChI=1S/C56H105NO5/c1-4-7-10-13-16-19-22-25-28-30-33-36-39-42-45-48-54(59)53(51-58)57-55(60)50-52(47-44-41-38-35-32-29-26-23-20-17-14-11-8-5-2)62-56(61)49-46-43-40-37-34-31-27-24-21-18-15-12-9-6-3/h9,12,18,21,27,31,52-54,58-59H,4-8,10-11,13-17,19-20,22-26,28-30,32-51H2,1-3H3,(H,57,60)/b12-9+,21-18+,31-27+. The molecule has 0 aromatic carbocycles. The summed E-state index contributed by atoms with van der Waals surface area (Å²) in [4.78, 5) is 26.2. The molecule has 0 spiro atoms. The normalized spacial score (nSPS) is 13.4. The highest BCUT2D eigenvalue weighted by Crippen LogP contribution is 2.18. The summed E-state index contributed by atoms with van der Waals surface area (Å²) in [6, 6.07) is -0.703. The van der Waals surface area contributed by atoms with Gasteiger partial charge in [0.25, 0.3) is 0 Å². The third-order valence-electron chi connectivity index (χ3n) is 12.5. The molecule has 3 N–H and O–H groups in total. The molecule has 0 fully saturated rings. The number of aliphatic hydroxyl groups excluding tert-OH is 2. The Morgan fingerprint density at radius 2 is 0.871 bits per heavy atom. The van der Waals surface area contributed by atoms with Crippen molar-refractivity contribution in [1.29, 1.82) is 0 Å². The van der Waals surface area contributed by atoms with Crippen LogP contribution < -0.4 is 5.32 Å². The van der Waals surface area contributed by atoms with Gasteiger partial charge in [-0.1, -0.05) is 250 Å².